The molecule has 0 bridgehead atoms. The van der Waals surface area contributed by atoms with Crippen LogP contribution in [0.15, 0.2) is 45.6 Å². The van der Waals surface area contributed by atoms with Crippen molar-refractivity contribution in [3.63, 3.8) is 0 Å². The Bertz CT molecular complexity index is 1280. The summed E-state index contributed by atoms with van der Waals surface area (Å²) in [7, 11) is 1.34. The van der Waals surface area contributed by atoms with E-state index in [2.05, 4.69) is 0 Å². The van der Waals surface area contributed by atoms with Gasteiger partial charge in [-0.1, -0.05) is 0 Å². The van der Waals surface area contributed by atoms with Crippen molar-refractivity contribution in [2.45, 2.75) is 30.7 Å². The lowest BCUT2D eigenvalue weighted by molar-refractivity contribution is -0.271. The van der Waals surface area contributed by atoms with Crippen LogP contribution in [0.5, 0.6) is 23.0 Å². The number of aliphatic hydroxyl groups excluding tert-OH is 3. The molecule has 0 amide bonds. The molecule has 2 heterocycles. The molecule has 6 N–H and O–H groups in total. The summed E-state index contributed by atoms with van der Waals surface area (Å²) in [6.45, 7) is 0. The van der Waals surface area contributed by atoms with Crippen molar-refractivity contribution in [2.24, 2.45) is 0 Å². The number of methoxy groups -OCH3 is 1. The van der Waals surface area contributed by atoms with E-state index in [0.29, 0.717) is 0 Å². The summed E-state index contributed by atoms with van der Waals surface area (Å²) in [6, 6.07) is 7.90. The van der Waals surface area contributed by atoms with Crippen LogP contribution < -0.4 is 14.9 Å². The Morgan fingerprint density at radius 2 is 1.68 bits per heavy atom. The molecule has 0 aliphatic carbocycles. The fraction of sp³-hybridized carbons (Fsp3) is 0.273. The lowest BCUT2D eigenvalue weighted by Crippen LogP contribution is -2.61. The van der Waals surface area contributed by atoms with Gasteiger partial charge < -0.3 is 49.3 Å². The third kappa shape index (κ3) is 3.99. The molecule has 34 heavy (non-hydrogen) atoms. The number of carbonyl (C=O) groups is 1. The smallest absolute Gasteiger partial charge is 0.335 e. The summed E-state index contributed by atoms with van der Waals surface area (Å²) in [5, 5.41) is 59.2. The van der Waals surface area contributed by atoms with Gasteiger partial charge in [-0.05, 0) is 24.3 Å². The van der Waals surface area contributed by atoms with Crippen molar-refractivity contribution < 1.29 is 54.1 Å². The maximum atomic E-state index is 13.4. The first-order valence-corrected chi connectivity index (χ1v) is 9.88. The van der Waals surface area contributed by atoms with Crippen molar-refractivity contribution in [3.05, 3.63) is 46.6 Å². The molecule has 4 rings (SSSR count). The molecule has 1 saturated heterocycles. The number of ether oxygens (including phenoxy) is 3. The van der Waals surface area contributed by atoms with Gasteiger partial charge in [0.1, 0.15) is 46.5 Å². The van der Waals surface area contributed by atoms with Gasteiger partial charge in [0.25, 0.3) is 0 Å². The first kappa shape index (κ1) is 23.3. The van der Waals surface area contributed by atoms with E-state index in [1.807, 2.05) is 0 Å². The fourth-order valence-corrected chi connectivity index (χ4v) is 3.55. The zero-order valence-electron chi connectivity index (χ0n) is 17.5. The van der Waals surface area contributed by atoms with Crippen LogP contribution in [0.2, 0.25) is 0 Å². The molecule has 0 spiro atoms. The number of aliphatic hydroxyl groups is 3. The molecule has 0 radical (unpaired) electrons. The summed E-state index contributed by atoms with van der Waals surface area (Å²) in [4.78, 5) is 24.8. The number of rotatable bonds is 5. The third-order valence-corrected chi connectivity index (χ3v) is 5.32. The van der Waals surface area contributed by atoms with Crippen molar-refractivity contribution >= 4 is 16.9 Å². The molecule has 1 aromatic heterocycles. The van der Waals surface area contributed by atoms with Gasteiger partial charge in [0.15, 0.2) is 11.9 Å². The second kappa shape index (κ2) is 8.83. The van der Waals surface area contributed by atoms with Crippen LogP contribution in [-0.4, -0.2) is 74.4 Å². The van der Waals surface area contributed by atoms with Crippen LogP contribution >= 0.6 is 0 Å². The number of carboxylic acids is 1. The number of carboxylic acid groups (broad SMARTS) is 1. The molecular weight excluding hydrogens is 456 g/mol. The number of phenolic OH excluding ortho intramolecular Hbond substituents is 2. The number of hydrogen-bond donors (Lipinski definition) is 6. The Morgan fingerprint density at radius 3 is 2.29 bits per heavy atom. The molecule has 3 aromatic rings. The topological polar surface area (TPSA) is 196 Å². The quantitative estimate of drug-likeness (QED) is 0.292. The normalized spacial score (nSPS) is 24.6. The van der Waals surface area contributed by atoms with E-state index in [9.17, 15) is 40.2 Å². The number of benzene rings is 2. The Hall–Kier alpha value is -3.84. The second-order valence-electron chi connectivity index (χ2n) is 7.51. The number of phenols is 2. The molecule has 1 fully saturated rings. The minimum atomic E-state index is -1.97. The highest BCUT2D eigenvalue weighted by atomic mass is 16.7. The van der Waals surface area contributed by atoms with Gasteiger partial charge in [-0.3, -0.25) is 4.79 Å². The van der Waals surface area contributed by atoms with E-state index in [0.717, 1.165) is 6.07 Å². The molecule has 0 saturated carbocycles. The highest BCUT2D eigenvalue weighted by Gasteiger charge is 2.48. The van der Waals surface area contributed by atoms with Crippen LogP contribution in [0.25, 0.3) is 22.3 Å². The van der Waals surface area contributed by atoms with E-state index < -0.39 is 53.6 Å². The van der Waals surface area contributed by atoms with Gasteiger partial charge in [-0.15, -0.1) is 0 Å². The average molecular weight is 476 g/mol. The van der Waals surface area contributed by atoms with Gasteiger partial charge in [-0.25, -0.2) is 4.79 Å². The minimum Gasteiger partial charge on any atom is -0.508 e. The number of hydrogen-bond acceptors (Lipinski definition) is 11. The largest absolute Gasteiger partial charge is 0.508 e. The monoisotopic (exact) mass is 476 g/mol. The minimum absolute atomic E-state index is 0.0822. The van der Waals surface area contributed by atoms with Crippen molar-refractivity contribution in [1.82, 2.24) is 0 Å². The van der Waals surface area contributed by atoms with Crippen LogP contribution in [0, 0.1) is 0 Å². The van der Waals surface area contributed by atoms with Crippen LogP contribution in [0.4, 0.5) is 0 Å². The number of fused-ring (bicyclic) bond motifs is 1. The third-order valence-electron chi connectivity index (χ3n) is 5.32. The maximum absolute atomic E-state index is 13.4. The standard InChI is InChI=1S/C22H20O12/c1-31-10-6-11(24)13-12(7-10)32-18(8-2-4-9(23)5-3-8)19(14(13)25)33-22-17(28)15(26)16(27)20(34-22)21(29)30/h2-7,15-17,20,22-24,26-28H,1H3,(H,29,30). The SMILES string of the molecule is COc1cc(O)c2c(=O)c(OC3OC(C(=O)O)C(O)C(O)C3O)c(-c3ccc(O)cc3)oc2c1. The highest BCUT2D eigenvalue weighted by Crippen LogP contribution is 2.37. The van der Waals surface area contributed by atoms with E-state index in [1.165, 1.54) is 37.4 Å². The predicted molar refractivity (Wildman–Crippen MR) is 113 cm³/mol. The first-order chi connectivity index (χ1) is 16.1. The molecule has 12 nitrogen and oxygen atoms in total. The number of aromatic hydroxyl groups is 2. The van der Waals surface area contributed by atoms with Gasteiger partial charge in [0.05, 0.1) is 7.11 Å². The molecule has 1 aliphatic heterocycles. The van der Waals surface area contributed by atoms with Gasteiger partial charge >= 0.3 is 5.97 Å². The average Bonchev–Trinajstić information content (AvgIpc) is 2.80. The predicted octanol–water partition coefficient (Wildman–Crippen LogP) is 0.151. The molecule has 5 unspecified atom stereocenters. The molecule has 5 atom stereocenters. The Kier molecular flexibility index (Phi) is 6.06. The van der Waals surface area contributed by atoms with Crippen molar-refractivity contribution in [3.8, 4) is 34.3 Å². The molecule has 2 aromatic carbocycles. The Labute approximate surface area is 190 Å². The van der Waals surface area contributed by atoms with Gasteiger partial charge in [-0.2, -0.15) is 0 Å². The molecular formula is C22H20O12. The molecule has 12 heteroatoms. The van der Waals surface area contributed by atoms with E-state index >= 15 is 0 Å². The zero-order valence-corrected chi connectivity index (χ0v) is 17.5. The highest BCUT2D eigenvalue weighted by molar-refractivity contribution is 5.88. The summed E-state index contributed by atoms with van der Waals surface area (Å²) in [6.07, 6.45) is -9.75. The van der Waals surface area contributed by atoms with Crippen molar-refractivity contribution in [2.75, 3.05) is 7.11 Å². The molecule has 1 aliphatic rings. The number of aliphatic carboxylic acids is 1. The fourth-order valence-electron chi connectivity index (χ4n) is 3.55. The second-order valence-corrected chi connectivity index (χ2v) is 7.51. The summed E-state index contributed by atoms with van der Waals surface area (Å²) in [5.41, 5.74) is -0.760. The zero-order chi connectivity index (χ0) is 24.7. The summed E-state index contributed by atoms with van der Waals surface area (Å²) >= 11 is 0. The van der Waals surface area contributed by atoms with E-state index in [1.54, 1.807) is 0 Å². The van der Waals surface area contributed by atoms with Gasteiger partial charge in [0.2, 0.25) is 17.5 Å². The van der Waals surface area contributed by atoms with Crippen LogP contribution in [0.3, 0.4) is 0 Å². The van der Waals surface area contributed by atoms with Crippen molar-refractivity contribution in [1.29, 1.82) is 0 Å². The Balaban J connectivity index is 1.90. The van der Waals surface area contributed by atoms with Crippen LogP contribution in [-0.2, 0) is 9.53 Å². The molecule has 180 valence electrons. The lowest BCUT2D eigenvalue weighted by Gasteiger charge is -2.38. The summed E-state index contributed by atoms with van der Waals surface area (Å²) in [5.74, 6) is -2.84. The van der Waals surface area contributed by atoms with Crippen LogP contribution in [0.1, 0.15) is 0 Å². The maximum Gasteiger partial charge on any atom is 0.335 e. The Morgan fingerprint density at radius 1 is 1.00 bits per heavy atom. The van der Waals surface area contributed by atoms with E-state index in [4.69, 9.17) is 18.6 Å². The first-order valence-electron chi connectivity index (χ1n) is 9.88. The lowest BCUT2D eigenvalue weighted by atomic mass is 9.99. The summed E-state index contributed by atoms with van der Waals surface area (Å²) < 4.78 is 21.5. The van der Waals surface area contributed by atoms with E-state index in [-0.39, 0.29) is 33.8 Å². The van der Waals surface area contributed by atoms with Gasteiger partial charge in [0, 0.05) is 17.7 Å².